The molecule has 21 heavy (non-hydrogen) atoms. The van der Waals surface area contributed by atoms with Crippen molar-refractivity contribution in [1.29, 1.82) is 0 Å². The first kappa shape index (κ1) is 14.2. The SMILES string of the molecule is CC(C)c1ccc(C(O)c2ccc3c(c2)CCCO3)cc1. The van der Waals surface area contributed by atoms with Gasteiger partial charge in [-0.25, -0.2) is 0 Å². The van der Waals surface area contributed by atoms with Crippen LogP contribution in [0.4, 0.5) is 0 Å². The molecule has 1 unspecified atom stereocenters. The molecule has 1 heterocycles. The third kappa shape index (κ3) is 2.96. The first-order valence-electron chi connectivity index (χ1n) is 7.68. The highest BCUT2D eigenvalue weighted by molar-refractivity contribution is 5.42. The van der Waals surface area contributed by atoms with Crippen molar-refractivity contribution in [2.24, 2.45) is 0 Å². The summed E-state index contributed by atoms with van der Waals surface area (Å²) >= 11 is 0. The summed E-state index contributed by atoms with van der Waals surface area (Å²) in [7, 11) is 0. The molecule has 0 bridgehead atoms. The van der Waals surface area contributed by atoms with Crippen LogP contribution in [0, 0.1) is 0 Å². The van der Waals surface area contributed by atoms with Gasteiger partial charge in [-0.2, -0.15) is 0 Å². The average molecular weight is 282 g/mol. The molecule has 1 atom stereocenters. The van der Waals surface area contributed by atoms with Gasteiger partial charge in [0.1, 0.15) is 11.9 Å². The highest BCUT2D eigenvalue weighted by Gasteiger charge is 2.15. The lowest BCUT2D eigenvalue weighted by atomic mass is 9.95. The lowest BCUT2D eigenvalue weighted by molar-refractivity contribution is 0.219. The van der Waals surface area contributed by atoms with E-state index in [2.05, 4.69) is 32.0 Å². The largest absolute Gasteiger partial charge is 0.493 e. The summed E-state index contributed by atoms with van der Waals surface area (Å²) in [6, 6.07) is 14.3. The van der Waals surface area contributed by atoms with Gasteiger partial charge in [0, 0.05) is 0 Å². The summed E-state index contributed by atoms with van der Waals surface area (Å²) in [5.41, 5.74) is 4.38. The van der Waals surface area contributed by atoms with E-state index in [4.69, 9.17) is 4.74 Å². The van der Waals surface area contributed by atoms with Crippen LogP contribution in [-0.2, 0) is 6.42 Å². The number of benzene rings is 2. The Balaban J connectivity index is 1.85. The van der Waals surface area contributed by atoms with Crippen LogP contribution in [0.2, 0.25) is 0 Å². The quantitative estimate of drug-likeness (QED) is 0.913. The molecule has 1 aliphatic heterocycles. The van der Waals surface area contributed by atoms with Gasteiger partial charge >= 0.3 is 0 Å². The topological polar surface area (TPSA) is 29.5 Å². The molecule has 0 saturated carbocycles. The molecule has 1 N–H and O–H groups in total. The first-order valence-corrected chi connectivity index (χ1v) is 7.68. The van der Waals surface area contributed by atoms with E-state index in [1.807, 2.05) is 24.3 Å². The van der Waals surface area contributed by atoms with Crippen LogP contribution in [0.25, 0.3) is 0 Å². The lowest BCUT2D eigenvalue weighted by Gasteiger charge is -2.20. The zero-order valence-corrected chi connectivity index (χ0v) is 12.7. The summed E-state index contributed by atoms with van der Waals surface area (Å²) in [6.45, 7) is 5.15. The van der Waals surface area contributed by atoms with Crippen molar-refractivity contribution < 1.29 is 9.84 Å². The van der Waals surface area contributed by atoms with E-state index < -0.39 is 6.10 Å². The molecule has 2 aromatic carbocycles. The highest BCUT2D eigenvalue weighted by Crippen LogP contribution is 2.30. The fourth-order valence-electron chi connectivity index (χ4n) is 2.81. The summed E-state index contributed by atoms with van der Waals surface area (Å²) in [5, 5.41) is 10.6. The second kappa shape index (κ2) is 5.90. The Bertz CT molecular complexity index is 614. The molecule has 0 spiro atoms. The van der Waals surface area contributed by atoms with Crippen molar-refractivity contribution in [3.8, 4) is 5.75 Å². The van der Waals surface area contributed by atoms with Crippen LogP contribution < -0.4 is 4.74 Å². The average Bonchev–Trinajstić information content (AvgIpc) is 2.54. The zero-order chi connectivity index (χ0) is 14.8. The molecule has 0 amide bonds. The highest BCUT2D eigenvalue weighted by atomic mass is 16.5. The molecule has 2 heteroatoms. The third-order valence-electron chi connectivity index (χ3n) is 4.17. The third-order valence-corrected chi connectivity index (χ3v) is 4.17. The van der Waals surface area contributed by atoms with Crippen LogP contribution in [0.5, 0.6) is 5.75 Å². The van der Waals surface area contributed by atoms with Crippen LogP contribution in [0.15, 0.2) is 42.5 Å². The minimum atomic E-state index is -0.571. The van der Waals surface area contributed by atoms with Gasteiger partial charge in [0.05, 0.1) is 6.61 Å². The standard InChI is InChI=1S/C19H22O2/c1-13(2)14-5-7-15(8-6-14)19(20)17-9-10-18-16(12-17)4-3-11-21-18/h5-10,12-13,19-20H,3-4,11H2,1-2H3. The van der Waals surface area contributed by atoms with E-state index in [1.165, 1.54) is 11.1 Å². The van der Waals surface area contributed by atoms with Crippen LogP contribution in [0.1, 0.15) is 54.5 Å². The van der Waals surface area contributed by atoms with Crippen molar-refractivity contribution in [2.75, 3.05) is 6.61 Å². The van der Waals surface area contributed by atoms with Crippen molar-refractivity contribution in [3.63, 3.8) is 0 Å². The van der Waals surface area contributed by atoms with Gasteiger partial charge in [0.2, 0.25) is 0 Å². The van der Waals surface area contributed by atoms with Gasteiger partial charge in [0.25, 0.3) is 0 Å². The molecule has 0 radical (unpaired) electrons. The van der Waals surface area contributed by atoms with Gasteiger partial charge < -0.3 is 9.84 Å². The summed E-state index contributed by atoms with van der Waals surface area (Å²) in [4.78, 5) is 0. The second-order valence-electron chi connectivity index (χ2n) is 6.04. The van der Waals surface area contributed by atoms with Crippen molar-refractivity contribution in [3.05, 3.63) is 64.7 Å². The van der Waals surface area contributed by atoms with Gasteiger partial charge in [-0.3, -0.25) is 0 Å². The van der Waals surface area contributed by atoms with Gasteiger partial charge in [-0.1, -0.05) is 44.2 Å². The minimum Gasteiger partial charge on any atom is -0.493 e. The van der Waals surface area contributed by atoms with E-state index in [0.29, 0.717) is 5.92 Å². The van der Waals surface area contributed by atoms with Crippen molar-refractivity contribution in [2.45, 2.75) is 38.7 Å². The monoisotopic (exact) mass is 282 g/mol. The van der Waals surface area contributed by atoms with Gasteiger partial charge in [0.15, 0.2) is 0 Å². The normalized spacial score (nSPS) is 15.4. The molecular weight excluding hydrogens is 260 g/mol. The van der Waals surface area contributed by atoms with E-state index in [1.54, 1.807) is 0 Å². The van der Waals surface area contributed by atoms with E-state index >= 15 is 0 Å². The number of aliphatic hydroxyl groups is 1. The summed E-state index contributed by atoms with van der Waals surface area (Å²) < 4.78 is 5.62. The van der Waals surface area contributed by atoms with Crippen LogP contribution >= 0.6 is 0 Å². The Morgan fingerprint density at radius 3 is 2.33 bits per heavy atom. The van der Waals surface area contributed by atoms with Crippen LogP contribution in [0.3, 0.4) is 0 Å². The maximum Gasteiger partial charge on any atom is 0.122 e. The molecule has 2 aromatic rings. The maximum atomic E-state index is 10.6. The van der Waals surface area contributed by atoms with Crippen molar-refractivity contribution >= 4 is 0 Å². The Morgan fingerprint density at radius 2 is 1.62 bits per heavy atom. The fraction of sp³-hybridized carbons (Fsp3) is 0.368. The molecule has 110 valence electrons. The molecule has 2 nitrogen and oxygen atoms in total. The number of fused-ring (bicyclic) bond motifs is 1. The fourth-order valence-corrected chi connectivity index (χ4v) is 2.81. The molecule has 0 aromatic heterocycles. The zero-order valence-electron chi connectivity index (χ0n) is 12.7. The number of aliphatic hydroxyl groups excluding tert-OH is 1. The number of rotatable bonds is 3. The van der Waals surface area contributed by atoms with E-state index in [0.717, 1.165) is 36.3 Å². The molecule has 0 aliphatic carbocycles. The number of ether oxygens (including phenoxy) is 1. The molecule has 0 saturated heterocycles. The lowest BCUT2D eigenvalue weighted by Crippen LogP contribution is -2.09. The predicted octanol–water partition coefficient (Wildman–Crippen LogP) is 4.22. The molecule has 3 rings (SSSR count). The van der Waals surface area contributed by atoms with E-state index in [9.17, 15) is 5.11 Å². The van der Waals surface area contributed by atoms with Gasteiger partial charge in [-0.15, -0.1) is 0 Å². The smallest absolute Gasteiger partial charge is 0.122 e. The second-order valence-corrected chi connectivity index (χ2v) is 6.04. The molecular formula is C19H22O2. The number of hydrogen-bond acceptors (Lipinski definition) is 2. The first-order chi connectivity index (χ1) is 10.1. The van der Waals surface area contributed by atoms with Crippen molar-refractivity contribution in [1.82, 2.24) is 0 Å². The Kier molecular flexibility index (Phi) is 3.98. The van der Waals surface area contributed by atoms with E-state index in [-0.39, 0.29) is 0 Å². The Labute approximate surface area is 126 Å². The van der Waals surface area contributed by atoms with Crippen LogP contribution in [-0.4, -0.2) is 11.7 Å². The maximum absolute atomic E-state index is 10.6. The summed E-state index contributed by atoms with van der Waals surface area (Å²) in [6.07, 6.45) is 1.51. The molecule has 1 aliphatic rings. The Hall–Kier alpha value is -1.80. The van der Waals surface area contributed by atoms with Gasteiger partial charge in [-0.05, 0) is 53.1 Å². The minimum absolute atomic E-state index is 0.511. The number of hydrogen-bond donors (Lipinski definition) is 1. The molecule has 0 fully saturated rings. The predicted molar refractivity (Wildman–Crippen MR) is 84.9 cm³/mol. The Morgan fingerprint density at radius 1 is 0.952 bits per heavy atom. The number of aryl methyl sites for hydroxylation is 1. The summed E-state index contributed by atoms with van der Waals surface area (Å²) in [5.74, 6) is 1.48.